The van der Waals surface area contributed by atoms with Gasteiger partial charge < -0.3 is 5.11 Å². The zero-order valence-corrected chi connectivity index (χ0v) is 10.6. The van der Waals surface area contributed by atoms with Crippen molar-refractivity contribution in [2.45, 2.75) is 13.5 Å². The van der Waals surface area contributed by atoms with Gasteiger partial charge >= 0.3 is 5.97 Å². The first-order valence-corrected chi connectivity index (χ1v) is 5.93. The van der Waals surface area contributed by atoms with Crippen molar-refractivity contribution in [1.29, 1.82) is 0 Å². The Bertz CT molecular complexity index is 763. The molecule has 9 heteroatoms. The maximum absolute atomic E-state index is 10.9. The Morgan fingerprint density at radius 1 is 1.45 bits per heavy atom. The van der Waals surface area contributed by atoms with Gasteiger partial charge in [-0.05, 0) is 10.4 Å². The largest absolute Gasteiger partial charge is 0.481 e. The van der Waals surface area contributed by atoms with E-state index in [0.29, 0.717) is 11.4 Å². The maximum Gasteiger partial charge on any atom is 0.308 e. The maximum atomic E-state index is 10.9. The molecule has 1 atom stereocenters. The van der Waals surface area contributed by atoms with Crippen molar-refractivity contribution in [3.05, 3.63) is 24.8 Å². The number of carboxylic acids is 1. The van der Waals surface area contributed by atoms with Gasteiger partial charge in [-0.15, -0.1) is 5.10 Å². The van der Waals surface area contributed by atoms with Crippen LogP contribution in [0.3, 0.4) is 0 Å². The highest BCUT2D eigenvalue weighted by molar-refractivity contribution is 5.75. The molecule has 3 rings (SSSR count). The third kappa shape index (κ3) is 1.98. The van der Waals surface area contributed by atoms with Crippen molar-refractivity contribution in [2.24, 2.45) is 5.92 Å². The van der Waals surface area contributed by atoms with Gasteiger partial charge in [0.1, 0.15) is 0 Å². The Labute approximate surface area is 112 Å². The Kier molecular flexibility index (Phi) is 2.86. The van der Waals surface area contributed by atoms with Crippen LogP contribution in [0, 0.1) is 5.92 Å². The monoisotopic (exact) mass is 273 g/mol. The van der Waals surface area contributed by atoms with E-state index in [-0.39, 0.29) is 6.54 Å². The van der Waals surface area contributed by atoms with Gasteiger partial charge in [0.2, 0.25) is 0 Å². The van der Waals surface area contributed by atoms with Crippen LogP contribution in [0.25, 0.3) is 16.9 Å². The fraction of sp³-hybridized carbons (Fsp3) is 0.273. The molecule has 0 aliphatic rings. The molecule has 0 saturated carbocycles. The van der Waals surface area contributed by atoms with E-state index < -0.39 is 11.9 Å². The van der Waals surface area contributed by atoms with Crippen LogP contribution in [0.2, 0.25) is 0 Å². The number of aromatic nitrogens is 7. The number of nitrogens with zero attached hydrogens (tertiary/aromatic N) is 7. The summed E-state index contributed by atoms with van der Waals surface area (Å²) >= 11 is 0. The number of carboxylic acid groups (broad SMARTS) is 1. The van der Waals surface area contributed by atoms with Gasteiger partial charge in [-0.1, -0.05) is 6.92 Å². The first-order valence-electron chi connectivity index (χ1n) is 5.93. The van der Waals surface area contributed by atoms with E-state index in [1.807, 2.05) is 0 Å². The van der Waals surface area contributed by atoms with E-state index in [9.17, 15) is 4.79 Å². The summed E-state index contributed by atoms with van der Waals surface area (Å²) in [6.07, 6.45) is 6.62. The van der Waals surface area contributed by atoms with Crippen LogP contribution in [0.1, 0.15) is 6.92 Å². The third-order valence-electron chi connectivity index (χ3n) is 2.97. The van der Waals surface area contributed by atoms with E-state index in [0.717, 1.165) is 5.52 Å². The van der Waals surface area contributed by atoms with Crippen molar-refractivity contribution in [1.82, 2.24) is 34.8 Å². The Hall–Kier alpha value is -2.84. The third-order valence-corrected chi connectivity index (χ3v) is 2.97. The fourth-order valence-electron chi connectivity index (χ4n) is 1.86. The van der Waals surface area contributed by atoms with Crippen LogP contribution in [0.4, 0.5) is 0 Å². The van der Waals surface area contributed by atoms with Crippen molar-refractivity contribution in [2.75, 3.05) is 0 Å². The molecule has 0 bridgehead atoms. The zero-order valence-electron chi connectivity index (χ0n) is 10.6. The summed E-state index contributed by atoms with van der Waals surface area (Å²) < 4.78 is 3.12. The molecule has 0 spiro atoms. The molecule has 102 valence electrons. The lowest BCUT2D eigenvalue weighted by Gasteiger charge is -2.07. The summed E-state index contributed by atoms with van der Waals surface area (Å²) in [6.45, 7) is 1.79. The second-order valence-corrected chi connectivity index (χ2v) is 4.39. The van der Waals surface area contributed by atoms with Crippen LogP contribution in [-0.4, -0.2) is 45.9 Å². The number of carbonyl (C=O) groups is 1. The van der Waals surface area contributed by atoms with Crippen LogP contribution in [-0.2, 0) is 11.3 Å². The highest BCUT2D eigenvalue weighted by Gasteiger charge is 2.18. The average Bonchev–Trinajstić information content (AvgIpc) is 3.04. The zero-order chi connectivity index (χ0) is 14.1. The number of tetrazole rings is 1. The molecule has 0 aromatic carbocycles. The second kappa shape index (κ2) is 4.68. The predicted molar refractivity (Wildman–Crippen MR) is 66.6 cm³/mol. The van der Waals surface area contributed by atoms with Gasteiger partial charge in [-0.25, -0.2) is 9.20 Å². The summed E-state index contributed by atoms with van der Waals surface area (Å²) in [6, 6.07) is 0. The molecule has 0 saturated heterocycles. The van der Waals surface area contributed by atoms with Gasteiger partial charge in [0.05, 0.1) is 35.9 Å². The smallest absolute Gasteiger partial charge is 0.308 e. The van der Waals surface area contributed by atoms with E-state index in [4.69, 9.17) is 5.11 Å². The summed E-state index contributed by atoms with van der Waals surface area (Å²) in [7, 11) is 0. The van der Waals surface area contributed by atoms with Crippen LogP contribution < -0.4 is 0 Å². The Balaban J connectivity index is 2.03. The predicted octanol–water partition coefficient (Wildman–Crippen LogP) is 0.103. The molecule has 0 amide bonds. The lowest BCUT2D eigenvalue weighted by molar-refractivity contribution is -0.141. The van der Waals surface area contributed by atoms with Crippen LogP contribution >= 0.6 is 0 Å². The number of aliphatic carboxylic acids is 1. The molecule has 3 aromatic heterocycles. The molecule has 1 unspecified atom stereocenters. The lowest BCUT2D eigenvalue weighted by atomic mass is 10.2. The van der Waals surface area contributed by atoms with Gasteiger partial charge in [-0.2, -0.15) is 5.10 Å². The lowest BCUT2D eigenvalue weighted by Crippen LogP contribution is -2.18. The molecule has 0 fully saturated rings. The first-order chi connectivity index (χ1) is 9.66. The number of hydrogen-bond acceptors (Lipinski definition) is 6. The minimum absolute atomic E-state index is 0.190. The molecule has 9 nitrogen and oxygen atoms in total. The van der Waals surface area contributed by atoms with Gasteiger partial charge in [-0.3, -0.25) is 9.78 Å². The molecule has 0 aliphatic carbocycles. The SMILES string of the molecule is CC(Cn1nnnc1-c1cnn2ccncc12)C(=O)O. The van der Waals surface area contributed by atoms with Crippen molar-refractivity contribution >= 4 is 11.5 Å². The van der Waals surface area contributed by atoms with Gasteiger partial charge in [0.25, 0.3) is 0 Å². The second-order valence-electron chi connectivity index (χ2n) is 4.39. The highest BCUT2D eigenvalue weighted by Crippen LogP contribution is 2.21. The fourth-order valence-corrected chi connectivity index (χ4v) is 1.86. The summed E-state index contributed by atoms with van der Waals surface area (Å²) in [5.74, 6) is -1.01. The van der Waals surface area contributed by atoms with E-state index in [2.05, 4.69) is 25.6 Å². The normalized spacial score (nSPS) is 12.7. The van der Waals surface area contributed by atoms with Crippen LogP contribution in [0.5, 0.6) is 0 Å². The number of fused-ring (bicyclic) bond motifs is 1. The highest BCUT2D eigenvalue weighted by atomic mass is 16.4. The van der Waals surface area contributed by atoms with E-state index >= 15 is 0 Å². The Morgan fingerprint density at radius 2 is 2.30 bits per heavy atom. The molecular weight excluding hydrogens is 262 g/mol. The molecule has 20 heavy (non-hydrogen) atoms. The summed E-state index contributed by atoms with van der Waals surface area (Å²) in [5.41, 5.74) is 1.47. The van der Waals surface area contributed by atoms with Crippen molar-refractivity contribution < 1.29 is 9.90 Å². The molecule has 1 N–H and O–H groups in total. The quantitative estimate of drug-likeness (QED) is 0.717. The number of hydrogen-bond donors (Lipinski definition) is 1. The van der Waals surface area contributed by atoms with Crippen LogP contribution in [0.15, 0.2) is 24.8 Å². The van der Waals surface area contributed by atoms with Gasteiger partial charge in [0.15, 0.2) is 5.82 Å². The number of rotatable bonds is 4. The van der Waals surface area contributed by atoms with E-state index in [1.165, 1.54) is 4.68 Å². The average molecular weight is 273 g/mol. The topological polar surface area (TPSA) is 111 Å². The molecule has 3 heterocycles. The Morgan fingerprint density at radius 3 is 3.10 bits per heavy atom. The molecular formula is C11H11N7O2. The summed E-state index contributed by atoms with van der Waals surface area (Å²) in [5, 5.41) is 24.5. The first kappa shape index (κ1) is 12.2. The molecule has 0 radical (unpaired) electrons. The van der Waals surface area contributed by atoms with Crippen molar-refractivity contribution in [3.8, 4) is 11.4 Å². The molecule has 3 aromatic rings. The van der Waals surface area contributed by atoms with E-state index in [1.54, 1.807) is 36.2 Å². The van der Waals surface area contributed by atoms with Gasteiger partial charge in [0, 0.05) is 12.4 Å². The molecule has 0 aliphatic heterocycles. The minimum Gasteiger partial charge on any atom is -0.481 e. The minimum atomic E-state index is -0.895. The van der Waals surface area contributed by atoms with Crippen molar-refractivity contribution in [3.63, 3.8) is 0 Å². The standard InChI is InChI=1S/C11H11N7O2/c1-7(11(19)20)6-18-10(14-15-16-18)8-4-13-17-3-2-12-5-9(8)17/h2-5,7H,6H2,1H3,(H,19,20). The summed E-state index contributed by atoms with van der Waals surface area (Å²) in [4.78, 5) is 15.0.